The molecule has 0 saturated heterocycles. The summed E-state index contributed by atoms with van der Waals surface area (Å²) < 4.78 is 5.37. The number of esters is 1. The molecule has 0 aromatic heterocycles. The predicted octanol–water partition coefficient (Wildman–Crippen LogP) is 2.56. The number of ether oxygens (including phenoxy) is 1. The SMILES string of the molecule is CCCCOC(=O)C1c2ccccc2CCN1C. The van der Waals surface area contributed by atoms with Gasteiger partial charge in [0, 0.05) is 6.54 Å². The normalized spacial score (nSPS) is 19.3. The summed E-state index contributed by atoms with van der Waals surface area (Å²) in [6.07, 6.45) is 2.99. The molecule has 0 N–H and O–H groups in total. The number of rotatable bonds is 4. The number of hydrogen-bond donors (Lipinski definition) is 0. The molecule has 98 valence electrons. The van der Waals surface area contributed by atoms with E-state index in [0.29, 0.717) is 6.61 Å². The molecule has 0 radical (unpaired) electrons. The van der Waals surface area contributed by atoms with E-state index in [9.17, 15) is 4.79 Å². The minimum atomic E-state index is -0.230. The second-order valence-corrected chi connectivity index (χ2v) is 4.85. The third-order valence-electron chi connectivity index (χ3n) is 3.49. The van der Waals surface area contributed by atoms with Crippen molar-refractivity contribution in [3.63, 3.8) is 0 Å². The van der Waals surface area contributed by atoms with E-state index in [-0.39, 0.29) is 12.0 Å². The third-order valence-corrected chi connectivity index (χ3v) is 3.49. The summed E-state index contributed by atoms with van der Waals surface area (Å²) in [5.41, 5.74) is 2.38. The number of hydrogen-bond acceptors (Lipinski definition) is 3. The first kappa shape index (κ1) is 13.1. The van der Waals surface area contributed by atoms with E-state index < -0.39 is 0 Å². The van der Waals surface area contributed by atoms with Gasteiger partial charge in [-0.1, -0.05) is 37.6 Å². The summed E-state index contributed by atoms with van der Waals surface area (Å²) in [7, 11) is 1.99. The Bertz CT molecular complexity index is 417. The lowest BCUT2D eigenvalue weighted by Crippen LogP contribution is -2.37. The summed E-state index contributed by atoms with van der Waals surface area (Å²) in [5.74, 6) is -0.113. The Labute approximate surface area is 109 Å². The highest BCUT2D eigenvalue weighted by Gasteiger charge is 2.31. The average Bonchev–Trinajstić information content (AvgIpc) is 2.38. The molecule has 0 saturated carbocycles. The number of benzene rings is 1. The lowest BCUT2D eigenvalue weighted by atomic mass is 9.93. The van der Waals surface area contributed by atoms with Gasteiger partial charge in [-0.3, -0.25) is 4.90 Å². The van der Waals surface area contributed by atoms with Crippen LogP contribution >= 0.6 is 0 Å². The topological polar surface area (TPSA) is 29.5 Å². The summed E-state index contributed by atoms with van der Waals surface area (Å²) in [6, 6.07) is 7.94. The molecule has 3 nitrogen and oxygen atoms in total. The van der Waals surface area contributed by atoms with Gasteiger partial charge in [0.25, 0.3) is 0 Å². The van der Waals surface area contributed by atoms with Crippen molar-refractivity contribution in [3.05, 3.63) is 35.4 Å². The second kappa shape index (κ2) is 6.01. The molecule has 1 heterocycles. The molecule has 0 spiro atoms. The molecular formula is C15H21NO2. The maximum atomic E-state index is 12.2. The first-order valence-corrected chi connectivity index (χ1v) is 6.68. The number of carbonyl (C=O) groups excluding carboxylic acids is 1. The van der Waals surface area contributed by atoms with Crippen molar-refractivity contribution in [1.82, 2.24) is 4.90 Å². The zero-order valence-corrected chi connectivity index (χ0v) is 11.2. The van der Waals surface area contributed by atoms with Crippen molar-refractivity contribution in [2.75, 3.05) is 20.2 Å². The van der Waals surface area contributed by atoms with E-state index in [0.717, 1.165) is 31.4 Å². The van der Waals surface area contributed by atoms with Crippen molar-refractivity contribution in [2.45, 2.75) is 32.2 Å². The molecule has 0 fully saturated rings. The van der Waals surface area contributed by atoms with Crippen LogP contribution in [0.15, 0.2) is 24.3 Å². The van der Waals surface area contributed by atoms with E-state index >= 15 is 0 Å². The Balaban J connectivity index is 2.13. The van der Waals surface area contributed by atoms with Gasteiger partial charge in [0.05, 0.1) is 6.61 Å². The molecule has 1 aromatic rings. The average molecular weight is 247 g/mol. The van der Waals surface area contributed by atoms with E-state index in [1.165, 1.54) is 5.56 Å². The van der Waals surface area contributed by atoms with Gasteiger partial charge in [-0.25, -0.2) is 4.79 Å². The number of likely N-dealkylation sites (N-methyl/N-ethyl adjacent to an activating group) is 1. The van der Waals surface area contributed by atoms with E-state index in [1.54, 1.807) is 0 Å². The van der Waals surface area contributed by atoms with E-state index in [1.807, 2.05) is 25.2 Å². The van der Waals surface area contributed by atoms with Gasteiger partial charge in [0.15, 0.2) is 0 Å². The van der Waals surface area contributed by atoms with Crippen LogP contribution in [0.2, 0.25) is 0 Å². The molecule has 1 atom stereocenters. The number of nitrogens with zero attached hydrogens (tertiary/aromatic N) is 1. The highest BCUT2D eigenvalue weighted by atomic mass is 16.5. The minimum absolute atomic E-state index is 0.113. The molecule has 1 aliphatic rings. The fourth-order valence-corrected chi connectivity index (χ4v) is 2.39. The molecule has 0 bridgehead atoms. The van der Waals surface area contributed by atoms with Crippen LogP contribution in [0.25, 0.3) is 0 Å². The lowest BCUT2D eigenvalue weighted by Gasteiger charge is -2.32. The summed E-state index contributed by atoms with van der Waals surface area (Å²) in [6.45, 7) is 3.53. The molecule has 0 aliphatic carbocycles. The van der Waals surface area contributed by atoms with Crippen LogP contribution in [-0.2, 0) is 16.0 Å². The Morgan fingerprint density at radius 2 is 2.22 bits per heavy atom. The van der Waals surface area contributed by atoms with Crippen LogP contribution < -0.4 is 0 Å². The van der Waals surface area contributed by atoms with Crippen LogP contribution in [0.5, 0.6) is 0 Å². The first-order valence-electron chi connectivity index (χ1n) is 6.68. The summed E-state index contributed by atoms with van der Waals surface area (Å²) in [4.78, 5) is 14.3. The Hall–Kier alpha value is -1.35. The van der Waals surface area contributed by atoms with Crippen molar-refractivity contribution in [1.29, 1.82) is 0 Å². The molecule has 1 unspecified atom stereocenters. The fourth-order valence-electron chi connectivity index (χ4n) is 2.39. The largest absolute Gasteiger partial charge is 0.464 e. The molecular weight excluding hydrogens is 226 g/mol. The van der Waals surface area contributed by atoms with Crippen LogP contribution in [0.1, 0.15) is 36.9 Å². The molecule has 3 heteroatoms. The maximum absolute atomic E-state index is 12.2. The van der Waals surface area contributed by atoms with E-state index in [4.69, 9.17) is 4.74 Å². The van der Waals surface area contributed by atoms with Crippen LogP contribution in [0.4, 0.5) is 0 Å². The van der Waals surface area contributed by atoms with Crippen LogP contribution in [-0.4, -0.2) is 31.1 Å². The number of fused-ring (bicyclic) bond motifs is 1. The van der Waals surface area contributed by atoms with Crippen molar-refractivity contribution in [2.24, 2.45) is 0 Å². The lowest BCUT2D eigenvalue weighted by molar-refractivity contribution is -0.150. The Morgan fingerprint density at radius 3 is 3.00 bits per heavy atom. The Morgan fingerprint density at radius 1 is 1.44 bits per heavy atom. The third kappa shape index (κ3) is 2.72. The van der Waals surface area contributed by atoms with Crippen molar-refractivity contribution >= 4 is 5.97 Å². The molecule has 2 rings (SSSR count). The number of carbonyl (C=O) groups is 1. The zero-order valence-electron chi connectivity index (χ0n) is 11.2. The second-order valence-electron chi connectivity index (χ2n) is 4.85. The first-order chi connectivity index (χ1) is 8.74. The monoisotopic (exact) mass is 247 g/mol. The van der Waals surface area contributed by atoms with Crippen molar-refractivity contribution in [3.8, 4) is 0 Å². The molecule has 1 aliphatic heterocycles. The van der Waals surface area contributed by atoms with E-state index in [2.05, 4.69) is 17.9 Å². The standard InChI is InChI=1S/C15H21NO2/c1-3-4-11-18-15(17)14-13-8-6-5-7-12(13)9-10-16(14)2/h5-8,14H,3-4,9-11H2,1-2H3. The molecule has 1 aromatic carbocycles. The van der Waals surface area contributed by atoms with Crippen LogP contribution in [0, 0.1) is 0 Å². The van der Waals surface area contributed by atoms with Gasteiger partial charge in [0.2, 0.25) is 0 Å². The Kier molecular flexibility index (Phi) is 4.37. The van der Waals surface area contributed by atoms with Gasteiger partial charge in [-0.15, -0.1) is 0 Å². The zero-order chi connectivity index (χ0) is 13.0. The summed E-state index contributed by atoms with van der Waals surface area (Å²) in [5, 5.41) is 0. The fraction of sp³-hybridized carbons (Fsp3) is 0.533. The highest BCUT2D eigenvalue weighted by molar-refractivity contribution is 5.78. The quantitative estimate of drug-likeness (QED) is 0.605. The summed E-state index contributed by atoms with van der Waals surface area (Å²) >= 11 is 0. The number of unbranched alkanes of at least 4 members (excludes halogenated alkanes) is 1. The molecule has 18 heavy (non-hydrogen) atoms. The van der Waals surface area contributed by atoms with Gasteiger partial charge in [-0.05, 0) is 31.0 Å². The van der Waals surface area contributed by atoms with Crippen LogP contribution in [0.3, 0.4) is 0 Å². The smallest absolute Gasteiger partial charge is 0.328 e. The highest BCUT2D eigenvalue weighted by Crippen LogP contribution is 2.29. The maximum Gasteiger partial charge on any atom is 0.328 e. The van der Waals surface area contributed by atoms with Gasteiger partial charge >= 0.3 is 5.97 Å². The van der Waals surface area contributed by atoms with Gasteiger partial charge < -0.3 is 4.74 Å². The van der Waals surface area contributed by atoms with Gasteiger partial charge in [0.1, 0.15) is 6.04 Å². The predicted molar refractivity (Wildman–Crippen MR) is 71.4 cm³/mol. The van der Waals surface area contributed by atoms with Crippen molar-refractivity contribution < 1.29 is 9.53 Å². The minimum Gasteiger partial charge on any atom is -0.464 e. The van der Waals surface area contributed by atoms with Gasteiger partial charge in [-0.2, -0.15) is 0 Å². The molecule has 0 amide bonds.